The van der Waals surface area contributed by atoms with Crippen molar-refractivity contribution in [3.63, 3.8) is 0 Å². The van der Waals surface area contributed by atoms with Crippen LogP contribution in [0.2, 0.25) is 0 Å². The topological polar surface area (TPSA) is 126 Å². The molecule has 0 N–H and O–H groups in total. The molecule has 12 heteroatoms. The molecule has 3 aromatic heterocycles. The van der Waals surface area contributed by atoms with Gasteiger partial charge in [0.15, 0.2) is 10.8 Å². The first-order valence-corrected chi connectivity index (χ1v) is 13.6. The number of nitrogens with zero attached hydrogens (tertiary/aromatic N) is 7. The molecule has 0 spiro atoms. The van der Waals surface area contributed by atoms with Crippen LogP contribution >= 0.6 is 0 Å². The SMILES string of the molecule is Cn1ncc(S(=O)(=O)[C@H]2CCC3Cc4c(nnn4-c4ccc(F)cc4)C[C@]3(C(=O)c3ccccn3)C2)n1. The predicted octanol–water partition coefficient (Wildman–Crippen LogP) is 2.54. The van der Waals surface area contributed by atoms with Crippen LogP contribution in [0.4, 0.5) is 4.39 Å². The molecule has 2 aliphatic rings. The van der Waals surface area contributed by atoms with E-state index in [0.717, 1.165) is 5.69 Å². The molecule has 0 saturated heterocycles. The number of benzene rings is 1. The standard InChI is InChI=1S/C25H24FN7O3S/c1-32-28-15-23(30-32)37(35,36)19-10-5-16-12-22-21(29-31-33(22)18-8-6-17(26)7-9-18)14-25(16,13-19)24(34)20-4-2-3-11-27-20/h2-4,6-9,11,15-16,19H,5,10,12-14H2,1H3/t16?,19-,25+/m0/s1. The minimum absolute atomic E-state index is 0.0855. The third-order valence-electron chi connectivity index (χ3n) is 7.71. The molecule has 1 fully saturated rings. The number of hydrogen-bond acceptors (Lipinski definition) is 8. The van der Waals surface area contributed by atoms with E-state index in [9.17, 15) is 17.6 Å². The fourth-order valence-corrected chi connectivity index (χ4v) is 7.58. The third-order valence-corrected chi connectivity index (χ3v) is 9.76. The van der Waals surface area contributed by atoms with Crippen molar-refractivity contribution in [2.24, 2.45) is 18.4 Å². The molecule has 10 nitrogen and oxygen atoms in total. The number of carbonyl (C=O) groups is 1. The van der Waals surface area contributed by atoms with Crippen LogP contribution in [0.15, 0.2) is 59.9 Å². The normalized spacial score (nSPS) is 23.3. The van der Waals surface area contributed by atoms with Gasteiger partial charge < -0.3 is 0 Å². The minimum Gasteiger partial charge on any atom is -0.292 e. The lowest BCUT2D eigenvalue weighted by molar-refractivity contribution is 0.0483. The monoisotopic (exact) mass is 521 g/mol. The molecule has 1 aromatic carbocycles. The van der Waals surface area contributed by atoms with Crippen LogP contribution in [0.3, 0.4) is 0 Å². The Labute approximate surface area is 212 Å². The largest absolute Gasteiger partial charge is 0.292 e. The number of fused-ring (bicyclic) bond motifs is 2. The van der Waals surface area contributed by atoms with Crippen LogP contribution in [0.5, 0.6) is 0 Å². The summed E-state index contributed by atoms with van der Waals surface area (Å²) < 4.78 is 42.3. The zero-order valence-electron chi connectivity index (χ0n) is 20.0. The third kappa shape index (κ3) is 3.86. The Morgan fingerprint density at radius 1 is 1.14 bits per heavy atom. The summed E-state index contributed by atoms with van der Waals surface area (Å²) in [6.45, 7) is 0. The van der Waals surface area contributed by atoms with E-state index >= 15 is 0 Å². The molecule has 1 unspecified atom stereocenters. The van der Waals surface area contributed by atoms with Crippen LogP contribution in [-0.2, 0) is 29.7 Å². The number of halogens is 1. The van der Waals surface area contributed by atoms with Crippen LogP contribution < -0.4 is 0 Å². The molecule has 0 bridgehead atoms. The van der Waals surface area contributed by atoms with Gasteiger partial charge in [-0.2, -0.15) is 9.90 Å². The molecule has 3 atom stereocenters. The van der Waals surface area contributed by atoms with Crippen molar-refractivity contribution < 1.29 is 17.6 Å². The van der Waals surface area contributed by atoms with Crippen LogP contribution in [0, 0.1) is 17.2 Å². The van der Waals surface area contributed by atoms with E-state index < -0.39 is 20.5 Å². The van der Waals surface area contributed by atoms with Crippen molar-refractivity contribution in [1.29, 1.82) is 0 Å². The molecule has 37 heavy (non-hydrogen) atoms. The highest BCUT2D eigenvalue weighted by molar-refractivity contribution is 7.92. The maximum absolute atomic E-state index is 14.1. The van der Waals surface area contributed by atoms with Gasteiger partial charge >= 0.3 is 0 Å². The summed E-state index contributed by atoms with van der Waals surface area (Å²) in [5.74, 6) is -0.667. The van der Waals surface area contributed by atoms with Gasteiger partial charge in [-0.3, -0.25) is 9.78 Å². The first-order valence-electron chi connectivity index (χ1n) is 12.0. The number of aromatic nitrogens is 7. The summed E-state index contributed by atoms with van der Waals surface area (Å²) in [7, 11) is -2.24. The second kappa shape index (κ2) is 8.65. The van der Waals surface area contributed by atoms with Gasteiger partial charge in [-0.15, -0.1) is 10.2 Å². The number of rotatable bonds is 5. The minimum atomic E-state index is -3.81. The van der Waals surface area contributed by atoms with Gasteiger partial charge in [-0.1, -0.05) is 11.3 Å². The average molecular weight is 522 g/mol. The molecular formula is C25H24FN7O3S. The number of aryl methyl sites for hydroxylation is 1. The van der Waals surface area contributed by atoms with Gasteiger partial charge in [0.1, 0.15) is 11.5 Å². The van der Waals surface area contributed by atoms with Crippen molar-refractivity contribution in [2.45, 2.75) is 42.4 Å². The Bertz CT molecular complexity index is 1580. The molecule has 4 aromatic rings. The number of ketones is 1. The summed E-state index contributed by atoms with van der Waals surface area (Å²) in [5, 5.41) is 15.8. The lowest BCUT2D eigenvalue weighted by atomic mass is 9.57. The fraction of sp³-hybridized carbons (Fsp3) is 0.360. The van der Waals surface area contributed by atoms with E-state index in [1.807, 2.05) is 0 Å². The zero-order chi connectivity index (χ0) is 25.8. The summed E-state index contributed by atoms with van der Waals surface area (Å²) in [6, 6.07) is 11.2. The predicted molar refractivity (Wildman–Crippen MR) is 129 cm³/mol. The van der Waals surface area contributed by atoms with Crippen molar-refractivity contribution in [3.05, 3.63) is 77.8 Å². The number of Topliss-reactive ketones (excluding diaryl/α,β-unsaturated/α-hetero) is 1. The molecule has 190 valence electrons. The molecule has 0 amide bonds. The molecule has 3 heterocycles. The van der Waals surface area contributed by atoms with E-state index in [1.54, 1.807) is 48.3 Å². The molecule has 0 aliphatic heterocycles. The lowest BCUT2D eigenvalue weighted by Crippen LogP contribution is -2.51. The Hall–Kier alpha value is -3.80. The highest BCUT2D eigenvalue weighted by atomic mass is 32.2. The Balaban J connectivity index is 1.43. The van der Waals surface area contributed by atoms with E-state index in [-0.39, 0.29) is 35.4 Å². The summed E-state index contributed by atoms with van der Waals surface area (Å²) in [4.78, 5) is 19.6. The highest BCUT2D eigenvalue weighted by Gasteiger charge is 2.56. The maximum Gasteiger partial charge on any atom is 0.201 e. The summed E-state index contributed by atoms with van der Waals surface area (Å²) in [6.07, 6.45) is 4.61. The summed E-state index contributed by atoms with van der Waals surface area (Å²) in [5.41, 5.74) is 1.47. The van der Waals surface area contributed by atoms with Gasteiger partial charge in [0.05, 0.1) is 28.5 Å². The van der Waals surface area contributed by atoms with Crippen LogP contribution in [0.1, 0.15) is 41.1 Å². The quantitative estimate of drug-likeness (QED) is 0.367. The van der Waals surface area contributed by atoms with Gasteiger partial charge in [-0.05, 0) is 68.0 Å². The smallest absolute Gasteiger partial charge is 0.201 e. The number of hydrogen-bond donors (Lipinski definition) is 0. The molecule has 1 saturated carbocycles. The Kier molecular flexibility index (Phi) is 5.51. The van der Waals surface area contributed by atoms with E-state index in [4.69, 9.17) is 0 Å². The molecule has 0 radical (unpaired) electrons. The first kappa shape index (κ1) is 23.6. The van der Waals surface area contributed by atoms with Crippen molar-refractivity contribution in [3.8, 4) is 5.69 Å². The Morgan fingerprint density at radius 2 is 1.95 bits per heavy atom. The number of carbonyl (C=O) groups excluding carboxylic acids is 1. The lowest BCUT2D eigenvalue weighted by Gasteiger charge is -2.47. The second-order valence-electron chi connectivity index (χ2n) is 9.77. The fourth-order valence-electron chi connectivity index (χ4n) is 5.85. The molecular weight excluding hydrogens is 497 g/mol. The van der Waals surface area contributed by atoms with E-state index in [2.05, 4.69) is 25.5 Å². The van der Waals surface area contributed by atoms with Crippen LogP contribution in [0.25, 0.3) is 5.69 Å². The van der Waals surface area contributed by atoms with E-state index in [1.165, 1.54) is 23.1 Å². The van der Waals surface area contributed by atoms with Gasteiger partial charge in [-0.25, -0.2) is 17.5 Å². The number of sulfone groups is 1. The highest BCUT2D eigenvalue weighted by Crippen LogP contribution is 2.52. The Morgan fingerprint density at radius 3 is 2.65 bits per heavy atom. The van der Waals surface area contributed by atoms with Crippen molar-refractivity contribution in [1.82, 2.24) is 35.0 Å². The summed E-state index contributed by atoms with van der Waals surface area (Å²) >= 11 is 0. The second-order valence-corrected chi connectivity index (χ2v) is 11.9. The molecule has 2 aliphatic carbocycles. The van der Waals surface area contributed by atoms with Crippen LogP contribution in [-0.4, -0.2) is 54.4 Å². The van der Waals surface area contributed by atoms with Crippen molar-refractivity contribution >= 4 is 15.6 Å². The number of pyridine rings is 1. The average Bonchev–Trinajstić information content (AvgIpc) is 3.53. The molecule has 6 rings (SSSR count). The van der Waals surface area contributed by atoms with E-state index in [0.29, 0.717) is 36.3 Å². The van der Waals surface area contributed by atoms with Gasteiger partial charge in [0.2, 0.25) is 9.84 Å². The van der Waals surface area contributed by atoms with Gasteiger partial charge in [0, 0.05) is 25.1 Å². The van der Waals surface area contributed by atoms with Crippen molar-refractivity contribution in [2.75, 3.05) is 0 Å². The maximum atomic E-state index is 14.1. The first-order chi connectivity index (χ1) is 17.8. The van der Waals surface area contributed by atoms with Gasteiger partial charge in [0.25, 0.3) is 0 Å². The zero-order valence-corrected chi connectivity index (χ0v) is 20.8.